The fourth-order valence-electron chi connectivity index (χ4n) is 0.581. The second-order valence-corrected chi connectivity index (χ2v) is 2.87. The lowest BCUT2D eigenvalue weighted by Gasteiger charge is -1.97. The molecule has 0 aliphatic heterocycles. The molecule has 0 amide bonds. The Labute approximate surface area is 73.6 Å². The zero-order valence-electron chi connectivity index (χ0n) is 5.04. The molecule has 0 aliphatic carbocycles. The van der Waals surface area contributed by atoms with Crippen molar-refractivity contribution in [3.8, 4) is 0 Å². The SMILES string of the molecule is [B]c1nccc(I)c1C=O. The van der Waals surface area contributed by atoms with Crippen LogP contribution in [0.15, 0.2) is 12.3 Å². The fraction of sp³-hybridized carbons (Fsp3) is 0. The van der Waals surface area contributed by atoms with Crippen molar-refractivity contribution in [2.24, 2.45) is 0 Å². The number of hydrogen-bond acceptors (Lipinski definition) is 2. The highest BCUT2D eigenvalue weighted by atomic mass is 127. The van der Waals surface area contributed by atoms with Gasteiger partial charge in [0.05, 0.1) is 0 Å². The molecule has 0 N–H and O–H groups in total. The molecule has 48 valence electrons. The van der Waals surface area contributed by atoms with Crippen molar-refractivity contribution < 1.29 is 4.79 Å². The minimum absolute atomic E-state index is 0.293. The summed E-state index contributed by atoms with van der Waals surface area (Å²) in [7, 11) is 5.38. The summed E-state index contributed by atoms with van der Waals surface area (Å²) in [6.45, 7) is 0. The number of carbonyl (C=O) groups excluding carboxylic acids is 1. The number of aromatic nitrogens is 1. The topological polar surface area (TPSA) is 30.0 Å². The van der Waals surface area contributed by atoms with E-state index < -0.39 is 0 Å². The number of aldehydes is 1. The standard InChI is InChI=1S/C6H3BINO/c7-6-4(3-10)5(8)1-2-9-6/h1-3H. The monoisotopic (exact) mass is 243 g/mol. The van der Waals surface area contributed by atoms with Crippen LogP contribution in [0.4, 0.5) is 0 Å². The minimum atomic E-state index is 0.293. The molecular formula is C6H3BINO. The molecule has 0 aliphatic rings. The molecule has 2 radical (unpaired) electrons. The van der Waals surface area contributed by atoms with Crippen LogP contribution >= 0.6 is 22.6 Å². The third-order valence-electron chi connectivity index (χ3n) is 1.09. The number of nitrogens with zero attached hydrogens (tertiary/aromatic N) is 1. The molecule has 2 nitrogen and oxygen atoms in total. The maximum atomic E-state index is 10.3. The highest BCUT2D eigenvalue weighted by Crippen LogP contribution is 2.04. The van der Waals surface area contributed by atoms with Crippen molar-refractivity contribution in [1.82, 2.24) is 4.98 Å². The van der Waals surface area contributed by atoms with Crippen molar-refractivity contribution in [3.63, 3.8) is 0 Å². The van der Waals surface area contributed by atoms with Gasteiger partial charge < -0.3 is 0 Å². The van der Waals surface area contributed by atoms with E-state index >= 15 is 0 Å². The molecule has 0 fully saturated rings. The first-order chi connectivity index (χ1) is 4.75. The summed E-state index contributed by atoms with van der Waals surface area (Å²) >= 11 is 2.03. The lowest BCUT2D eigenvalue weighted by atomic mass is 9.99. The van der Waals surface area contributed by atoms with Gasteiger partial charge in [0, 0.05) is 15.3 Å². The molecule has 4 heteroatoms. The Bertz CT molecular complexity index is 244. The molecule has 0 saturated carbocycles. The maximum Gasteiger partial charge on any atom is 0.152 e. The van der Waals surface area contributed by atoms with E-state index in [0.29, 0.717) is 17.4 Å². The van der Waals surface area contributed by atoms with E-state index in [4.69, 9.17) is 7.85 Å². The lowest BCUT2D eigenvalue weighted by Crippen LogP contribution is -2.15. The first-order valence-corrected chi connectivity index (χ1v) is 3.68. The van der Waals surface area contributed by atoms with Crippen molar-refractivity contribution in [1.29, 1.82) is 0 Å². The van der Waals surface area contributed by atoms with Gasteiger partial charge in [-0.25, -0.2) is 0 Å². The molecule has 1 heterocycles. The van der Waals surface area contributed by atoms with E-state index in [9.17, 15) is 4.79 Å². The molecule has 0 saturated heterocycles. The van der Waals surface area contributed by atoms with Gasteiger partial charge in [0.2, 0.25) is 0 Å². The Morgan fingerprint density at radius 2 is 2.40 bits per heavy atom. The smallest absolute Gasteiger partial charge is 0.152 e. The molecule has 0 aromatic carbocycles. The van der Waals surface area contributed by atoms with Gasteiger partial charge in [0.25, 0.3) is 0 Å². The zero-order chi connectivity index (χ0) is 7.56. The molecule has 10 heavy (non-hydrogen) atoms. The molecule has 0 bridgehead atoms. The lowest BCUT2D eigenvalue weighted by molar-refractivity contribution is 0.112. The summed E-state index contributed by atoms with van der Waals surface area (Å²) in [6, 6.07) is 1.74. The van der Waals surface area contributed by atoms with Gasteiger partial charge >= 0.3 is 0 Å². The summed E-state index contributed by atoms with van der Waals surface area (Å²) in [5.41, 5.74) is 0.769. The number of halogens is 1. The molecule has 1 rings (SSSR count). The zero-order valence-corrected chi connectivity index (χ0v) is 7.20. The van der Waals surface area contributed by atoms with Gasteiger partial charge in [-0.3, -0.25) is 9.78 Å². The third kappa shape index (κ3) is 1.37. The summed E-state index contributed by atoms with van der Waals surface area (Å²) < 4.78 is 0.833. The van der Waals surface area contributed by atoms with E-state index in [1.54, 1.807) is 12.3 Å². The van der Waals surface area contributed by atoms with Crippen LogP contribution in [0.1, 0.15) is 10.4 Å². The summed E-state index contributed by atoms with van der Waals surface area (Å²) in [5, 5.41) is 0. The Morgan fingerprint density at radius 3 is 2.80 bits per heavy atom. The van der Waals surface area contributed by atoms with Crippen LogP contribution in [0, 0.1) is 3.57 Å². The van der Waals surface area contributed by atoms with Gasteiger partial charge in [-0.05, 0) is 34.3 Å². The van der Waals surface area contributed by atoms with Gasteiger partial charge in [0.15, 0.2) is 6.29 Å². The summed E-state index contributed by atoms with van der Waals surface area (Å²) in [4.78, 5) is 14.1. The predicted octanol–water partition coefficient (Wildman–Crippen LogP) is 0.292. The molecule has 0 atom stereocenters. The molecule has 1 aromatic rings. The van der Waals surface area contributed by atoms with Crippen LogP contribution in [0.3, 0.4) is 0 Å². The van der Waals surface area contributed by atoms with Gasteiger partial charge in [-0.1, -0.05) is 0 Å². The fourth-order valence-corrected chi connectivity index (χ4v) is 1.15. The van der Waals surface area contributed by atoms with Crippen LogP contribution < -0.4 is 5.59 Å². The van der Waals surface area contributed by atoms with Crippen molar-refractivity contribution in [3.05, 3.63) is 21.4 Å². The molecular weight excluding hydrogens is 240 g/mol. The molecule has 0 unspecified atom stereocenters. The van der Waals surface area contributed by atoms with Gasteiger partial charge in [-0.15, -0.1) is 0 Å². The van der Waals surface area contributed by atoms with E-state index in [1.807, 2.05) is 22.6 Å². The summed E-state index contributed by atoms with van der Waals surface area (Å²) in [6.07, 6.45) is 2.29. The van der Waals surface area contributed by atoms with Crippen molar-refractivity contribution in [2.45, 2.75) is 0 Å². The predicted molar refractivity (Wildman–Crippen MR) is 47.7 cm³/mol. The highest BCUT2D eigenvalue weighted by molar-refractivity contribution is 14.1. The first-order valence-electron chi connectivity index (χ1n) is 2.61. The second-order valence-electron chi connectivity index (χ2n) is 1.71. The van der Waals surface area contributed by atoms with Gasteiger partial charge in [-0.2, -0.15) is 0 Å². The average Bonchev–Trinajstić information content (AvgIpc) is 1.88. The van der Waals surface area contributed by atoms with E-state index in [-0.39, 0.29) is 0 Å². The van der Waals surface area contributed by atoms with Crippen LogP contribution in [-0.2, 0) is 0 Å². The largest absolute Gasteiger partial charge is 0.298 e. The number of rotatable bonds is 1. The average molecular weight is 243 g/mol. The maximum absolute atomic E-state index is 10.3. The quantitative estimate of drug-likeness (QED) is 0.403. The van der Waals surface area contributed by atoms with Crippen LogP contribution in [-0.4, -0.2) is 19.1 Å². The number of pyridine rings is 1. The van der Waals surface area contributed by atoms with Gasteiger partial charge in [0.1, 0.15) is 7.85 Å². The second kappa shape index (κ2) is 3.14. The Balaban J connectivity index is 3.30. The van der Waals surface area contributed by atoms with Crippen molar-refractivity contribution >= 4 is 42.3 Å². The number of hydrogen-bond donors (Lipinski definition) is 0. The Hall–Kier alpha value is -0.385. The minimum Gasteiger partial charge on any atom is -0.298 e. The summed E-state index contributed by atoms with van der Waals surface area (Å²) in [5.74, 6) is 0. The van der Waals surface area contributed by atoms with Crippen molar-refractivity contribution in [2.75, 3.05) is 0 Å². The Morgan fingerprint density at radius 1 is 1.70 bits per heavy atom. The van der Waals surface area contributed by atoms with E-state index in [1.165, 1.54) is 0 Å². The highest BCUT2D eigenvalue weighted by Gasteiger charge is 1.99. The Kier molecular flexibility index (Phi) is 2.42. The van der Waals surface area contributed by atoms with E-state index in [2.05, 4.69) is 4.98 Å². The van der Waals surface area contributed by atoms with Crippen LogP contribution in [0.25, 0.3) is 0 Å². The molecule has 0 spiro atoms. The third-order valence-corrected chi connectivity index (χ3v) is 2.03. The first kappa shape index (κ1) is 7.72. The van der Waals surface area contributed by atoms with Crippen LogP contribution in [0.5, 0.6) is 0 Å². The van der Waals surface area contributed by atoms with E-state index in [0.717, 1.165) is 3.57 Å². The number of carbonyl (C=O) groups is 1. The molecule has 1 aromatic heterocycles. The normalized spacial score (nSPS) is 9.30. The van der Waals surface area contributed by atoms with Crippen LogP contribution in [0.2, 0.25) is 0 Å².